The topological polar surface area (TPSA) is 102 Å². The van der Waals surface area contributed by atoms with Crippen molar-refractivity contribution in [1.82, 2.24) is 0 Å². The Bertz CT molecular complexity index is 1480. The summed E-state index contributed by atoms with van der Waals surface area (Å²) in [6.45, 7) is 13.4. The third-order valence-corrected chi connectivity index (χ3v) is 9.32. The van der Waals surface area contributed by atoms with E-state index in [1.165, 1.54) is 0 Å². The number of ether oxygens (including phenoxy) is 3. The number of phenolic OH excluding ortho intramolecular Hbond substituents is 1. The second-order valence-electron chi connectivity index (χ2n) is 13.2. The summed E-state index contributed by atoms with van der Waals surface area (Å²) in [5.74, 6) is -0.661. The van der Waals surface area contributed by atoms with Crippen molar-refractivity contribution in [3.05, 3.63) is 57.7 Å². The summed E-state index contributed by atoms with van der Waals surface area (Å²) in [4.78, 5) is 28.7. The Morgan fingerprint density at radius 3 is 2.48 bits per heavy atom. The van der Waals surface area contributed by atoms with Crippen LogP contribution in [0.2, 0.25) is 0 Å². The van der Waals surface area contributed by atoms with Crippen LogP contribution < -0.4 is 9.47 Å². The van der Waals surface area contributed by atoms with E-state index in [1.54, 1.807) is 13.0 Å². The molecule has 1 spiro atoms. The number of aromatic hydroxyl groups is 1. The molecule has 2 fully saturated rings. The first kappa shape index (κ1) is 27.0. The van der Waals surface area contributed by atoms with Crippen LogP contribution in [0.4, 0.5) is 0 Å². The second kappa shape index (κ2) is 8.43. The van der Waals surface area contributed by atoms with E-state index in [0.29, 0.717) is 40.9 Å². The molecule has 0 radical (unpaired) electrons. The van der Waals surface area contributed by atoms with Gasteiger partial charge in [0.05, 0.1) is 17.8 Å². The summed E-state index contributed by atoms with van der Waals surface area (Å²) < 4.78 is 20.2. The summed E-state index contributed by atoms with van der Waals surface area (Å²) in [7, 11) is 0. The number of Topliss-reactive ketones (excluding diaryl/α,β-unsaturated/α-hetero) is 2. The van der Waals surface area contributed by atoms with Gasteiger partial charge in [-0.05, 0) is 73.5 Å². The van der Waals surface area contributed by atoms with E-state index in [0.717, 1.165) is 5.57 Å². The molecular weight excluding hydrogens is 508 g/mol. The van der Waals surface area contributed by atoms with Gasteiger partial charge in [0.1, 0.15) is 28.4 Å². The van der Waals surface area contributed by atoms with Crippen molar-refractivity contribution >= 4 is 17.6 Å². The van der Waals surface area contributed by atoms with Crippen LogP contribution in [0.3, 0.4) is 0 Å². The molecule has 1 saturated heterocycles. The number of carbonyl (C=O) groups is 2. The molecule has 4 atom stereocenters. The highest BCUT2D eigenvalue weighted by Crippen LogP contribution is 2.68. The van der Waals surface area contributed by atoms with E-state index in [1.807, 2.05) is 65.8 Å². The van der Waals surface area contributed by atoms with Crippen molar-refractivity contribution in [1.29, 1.82) is 0 Å². The van der Waals surface area contributed by atoms with Crippen LogP contribution >= 0.6 is 0 Å². The lowest BCUT2D eigenvalue weighted by molar-refractivity contribution is -0.171. The number of carbonyl (C=O) groups excluding carboxylic acids is 2. The quantitative estimate of drug-likeness (QED) is 0.476. The molecule has 1 aromatic carbocycles. The third kappa shape index (κ3) is 3.37. The zero-order chi connectivity index (χ0) is 29.0. The molecule has 7 rings (SSSR count). The maximum atomic E-state index is 14.5. The minimum atomic E-state index is -1.45. The minimum Gasteiger partial charge on any atom is -0.506 e. The van der Waals surface area contributed by atoms with Gasteiger partial charge in [0.25, 0.3) is 0 Å². The van der Waals surface area contributed by atoms with Gasteiger partial charge in [-0.15, -0.1) is 0 Å². The Morgan fingerprint density at radius 2 is 1.80 bits per heavy atom. The first-order valence-electron chi connectivity index (χ1n) is 14.1. The van der Waals surface area contributed by atoms with Crippen LogP contribution in [0.25, 0.3) is 6.08 Å². The van der Waals surface area contributed by atoms with Crippen LogP contribution in [0.1, 0.15) is 82.8 Å². The van der Waals surface area contributed by atoms with Gasteiger partial charge in [0.15, 0.2) is 22.8 Å². The third-order valence-electron chi connectivity index (χ3n) is 9.32. The van der Waals surface area contributed by atoms with E-state index in [9.17, 15) is 19.8 Å². The Balaban J connectivity index is 1.66. The lowest BCUT2D eigenvalue weighted by Gasteiger charge is -2.56. The predicted octanol–water partition coefficient (Wildman–Crippen LogP) is 5.42. The normalized spacial score (nSPS) is 32.0. The Hall–Kier alpha value is -3.16. The van der Waals surface area contributed by atoms with E-state index in [4.69, 9.17) is 14.2 Å². The molecular formula is C33H38O7. The van der Waals surface area contributed by atoms with Crippen LogP contribution in [0, 0.1) is 11.8 Å². The lowest BCUT2D eigenvalue weighted by Crippen LogP contribution is -2.72. The van der Waals surface area contributed by atoms with Gasteiger partial charge in [-0.1, -0.05) is 29.4 Å². The highest BCUT2D eigenvalue weighted by Gasteiger charge is 2.81. The molecule has 4 bridgehead atoms. The van der Waals surface area contributed by atoms with E-state index in [-0.39, 0.29) is 47.6 Å². The van der Waals surface area contributed by atoms with Crippen LogP contribution in [0.15, 0.2) is 41.0 Å². The van der Waals surface area contributed by atoms with Crippen molar-refractivity contribution < 1.29 is 34.0 Å². The van der Waals surface area contributed by atoms with Crippen molar-refractivity contribution in [2.24, 2.45) is 11.8 Å². The van der Waals surface area contributed by atoms with Crippen molar-refractivity contribution in [3.63, 3.8) is 0 Å². The highest BCUT2D eigenvalue weighted by molar-refractivity contribution is 6.19. The molecule has 7 heteroatoms. The lowest BCUT2D eigenvalue weighted by atomic mass is 9.51. The number of aliphatic hydroxyl groups excluding tert-OH is 1. The van der Waals surface area contributed by atoms with Crippen molar-refractivity contribution in [2.75, 3.05) is 6.61 Å². The molecule has 7 nitrogen and oxygen atoms in total. The number of benzene rings is 1. The number of hydrogen-bond donors (Lipinski definition) is 2. The molecule has 3 aliphatic carbocycles. The molecule has 212 valence electrons. The number of aliphatic hydroxyl groups is 1. The second-order valence-corrected chi connectivity index (χ2v) is 13.2. The summed E-state index contributed by atoms with van der Waals surface area (Å²) in [6.07, 6.45) is 10.4. The van der Waals surface area contributed by atoms with Gasteiger partial charge in [-0.25, -0.2) is 0 Å². The average molecular weight is 547 g/mol. The van der Waals surface area contributed by atoms with Crippen LogP contribution in [0.5, 0.6) is 17.2 Å². The zero-order valence-corrected chi connectivity index (χ0v) is 24.3. The molecule has 1 saturated carbocycles. The molecule has 3 heterocycles. The smallest absolute Gasteiger partial charge is 0.200 e. The average Bonchev–Trinajstić information content (AvgIpc) is 3.03. The van der Waals surface area contributed by atoms with Gasteiger partial charge in [-0.3, -0.25) is 9.59 Å². The van der Waals surface area contributed by atoms with Gasteiger partial charge in [0.2, 0.25) is 0 Å². The fraction of sp³-hybridized carbons (Fsp3) is 0.515. The first-order chi connectivity index (χ1) is 18.7. The molecule has 2 N–H and O–H groups in total. The van der Waals surface area contributed by atoms with Gasteiger partial charge in [-0.2, -0.15) is 0 Å². The fourth-order valence-electron chi connectivity index (χ4n) is 7.44. The van der Waals surface area contributed by atoms with E-state index < -0.39 is 28.3 Å². The molecule has 6 aliphatic rings. The molecule has 1 aromatic rings. The highest BCUT2D eigenvalue weighted by atomic mass is 16.6. The maximum absolute atomic E-state index is 14.5. The molecule has 40 heavy (non-hydrogen) atoms. The van der Waals surface area contributed by atoms with Crippen molar-refractivity contribution in [2.45, 2.75) is 90.1 Å². The Kier molecular flexibility index (Phi) is 5.70. The summed E-state index contributed by atoms with van der Waals surface area (Å²) in [5.41, 5.74) is -0.823. The van der Waals surface area contributed by atoms with E-state index >= 15 is 0 Å². The Morgan fingerprint density at radius 1 is 1.07 bits per heavy atom. The largest absolute Gasteiger partial charge is 0.506 e. The standard InChI is InChI=1S/C33H38O7/c1-17(2)8-9-21-27-20(11-12-30(4,5)38-27)25(35)24-26(36)22-14-19-15-23-31(6,7)40-32(29(19)37,13-10-18(3)16-34)33(22,23)39-28(21)24/h8,10-12,14,19,23,34-35H,9,13,15-16H2,1-7H3/b18-10+/t19?,23?,32-,33+/m0/s1. The molecule has 3 aliphatic heterocycles. The maximum Gasteiger partial charge on any atom is 0.200 e. The molecule has 0 aromatic heterocycles. The Labute approximate surface area is 235 Å². The van der Waals surface area contributed by atoms with Gasteiger partial charge >= 0.3 is 0 Å². The zero-order valence-electron chi connectivity index (χ0n) is 24.3. The SMILES string of the molecule is CC(C)=CCc1c2c(c(O)c3c1O[C@]14C(=CC5CC1C(C)(C)O[C@@]4(C/C=C(\C)CO)C5=O)C3=O)C=CC(C)(C)O2. The van der Waals surface area contributed by atoms with Crippen LogP contribution in [-0.4, -0.2) is 50.8 Å². The number of phenols is 1. The predicted molar refractivity (Wildman–Crippen MR) is 151 cm³/mol. The van der Waals surface area contributed by atoms with Crippen LogP contribution in [-0.2, 0) is 16.0 Å². The molecule has 2 unspecified atom stereocenters. The first-order valence-corrected chi connectivity index (χ1v) is 14.1. The summed E-state index contributed by atoms with van der Waals surface area (Å²) in [6, 6.07) is 0. The number of rotatable bonds is 5. The monoisotopic (exact) mass is 546 g/mol. The number of fused-ring (bicyclic) bond motifs is 2. The number of ketones is 2. The summed E-state index contributed by atoms with van der Waals surface area (Å²) in [5, 5.41) is 21.3. The summed E-state index contributed by atoms with van der Waals surface area (Å²) >= 11 is 0. The van der Waals surface area contributed by atoms with Gasteiger partial charge in [0, 0.05) is 29.4 Å². The van der Waals surface area contributed by atoms with E-state index in [2.05, 4.69) is 0 Å². The number of hydrogen-bond acceptors (Lipinski definition) is 7. The number of allylic oxidation sites excluding steroid dienone is 3. The van der Waals surface area contributed by atoms with Gasteiger partial charge < -0.3 is 24.4 Å². The fourth-order valence-corrected chi connectivity index (χ4v) is 7.44. The minimum absolute atomic E-state index is 0.107. The van der Waals surface area contributed by atoms with Crippen molar-refractivity contribution in [3.8, 4) is 17.2 Å². The molecule has 0 amide bonds.